The van der Waals surface area contributed by atoms with Gasteiger partial charge in [0.2, 0.25) is 5.91 Å². The van der Waals surface area contributed by atoms with Crippen molar-refractivity contribution >= 4 is 56.6 Å². The lowest BCUT2D eigenvalue weighted by Crippen LogP contribution is -2.41. The second-order valence-electron chi connectivity index (χ2n) is 6.41. The number of rotatable bonds is 4. The van der Waals surface area contributed by atoms with Gasteiger partial charge in [-0.1, -0.05) is 11.8 Å². The Morgan fingerprint density at radius 2 is 1.77 bits per heavy atom. The van der Waals surface area contributed by atoms with Crippen LogP contribution < -0.4 is 5.32 Å². The van der Waals surface area contributed by atoms with Gasteiger partial charge in [0.15, 0.2) is 5.17 Å². The molecule has 2 amide bonds. The van der Waals surface area contributed by atoms with Crippen LogP contribution in [-0.2, 0) is 9.59 Å². The molecule has 0 saturated heterocycles. The fourth-order valence-corrected chi connectivity index (χ4v) is 4.09. The summed E-state index contributed by atoms with van der Waals surface area (Å²) in [6.07, 6.45) is 5.86. The first-order valence-corrected chi connectivity index (χ1v) is 12.1. The standard InChI is InChI=1S/C9H18N2OS2.C8H14N2OS/c1-6-10-7(12)9(2,3)11-8(13-4)14-5;1-5-10-6(11)8(2,3)9-7(10)12-4/h6H2,1-5H3,(H,10,12);5H2,1-4H3. The van der Waals surface area contributed by atoms with Gasteiger partial charge in [-0.15, -0.1) is 23.5 Å². The van der Waals surface area contributed by atoms with Crippen LogP contribution in [0.25, 0.3) is 0 Å². The number of carbonyl (C=O) groups excluding carboxylic acids is 2. The molecule has 0 unspecified atom stereocenters. The van der Waals surface area contributed by atoms with E-state index >= 15 is 0 Å². The van der Waals surface area contributed by atoms with Crippen LogP contribution in [0, 0.1) is 0 Å². The maximum Gasteiger partial charge on any atom is 0.255 e. The number of nitrogens with one attached hydrogen (secondary N) is 1. The Kier molecular flexibility index (Phi) is 10.9. The number of hydrogen-bond acceptors (Lipinski definition) is 7. The molecule has 1 aliphatic heterocycles. The number of amides is 2. The molecule has 150 valence electrons. The highest BCUT2D eigenvalue weighted by Crippen LogP contribution is 2.25. The minimum absolute atomic E-state index is 0.0272. The van der Waals surface area contributed by atoms with E-state index in [1.54, 1.807) is 28.4 Å². The lowest BCUT2D eigenvalue weighted by molar-refractivity contribution is -0.129. The maximum atomic E-state index is 11.6. The van der Waals surface area contributed by atoms with Gasteiger partial charge in [0.05, 0.1) is 0 Å². The Labute approximate surface area is 170 Å². The average Bonchev–Trinajstić information content (AvgIpc) is 2.82. The van der Waals surface area contributed by atoms with Crippen molar-refractivity contribution in [1.82, 2.24) is 10.2 Å². The van der Waals surface area contributed by atoms with Crippen LogP contribution in [0.4, 0.5) is 0 Å². The predicted molar refractivity (Wildman–Crippen MR) is 120 cm³/mol. The van der Waals surface area contributed by atoms with Crippen molar-refractivity contribution < 1.29 is 9.59 Å². The van der Waals surface area contributed by atoms with Gasteiger partial charge in [-0.25, -0.2) is 4.99 Å². The average molecular weight is 421 g/mol. The predicted octanol–water partition coefficient (Wildman–Crippen LogP) is 3.33. The number of amidine groups is 1. The SMILES string of the molecule is CCN1C(=O)C(C)(C)N=C1SC.CCNC(=O)C(C)(C)N=C(SC)SC. The smallest absolute Gasteiger partial charge is 0.255 e. The van der Waals surface area contributed by atoms with E-state index in [9.17, 15) is 9.59 Å². The molecule has 1 rings (SSSR count). The highest BCUT2D eigenvalue weighted by Gasteiger charge is 2.39. The minimum Gasteiger partial charge on any atom is -0.354 e. The van der Waals surface area contributed by atoms with E-state index in [1.165, 1.54) is 11.8 Å². The lowest BCUT2D eigenvalue weighted by atomic mass is 10.1. The second kappa shape index (κ2) is 11.2. The summed E-state index contributed by atoms with van der Waals surface area (Å²) in [5.41, 5.74) is -1.22. The third-order valence-corrected chi connectivity index (χ3v) is 6.04. The minimum atomic E-state index is -0.669. The zero-order chi connectivity index (χ0) is 20.5. The Hall–Kier alpha value is -0.670. The summed E-state index contributed by atoms with van der Waals surface area (Å²) >= 11 is 4.66. The molecule has 0 aromatic heterocycles. The number of aliphatic imine (C=N–C) groups is 2. The molecule has 0 aromatic carbocycles. The van der Waals surface area contributed by atoms with Gasteiger partial charge in [0.1, 0.15) is 15.5 Å². The van der Waals surface area contributed by atoms with E-state index in [1.807, 2.05) is 60.3 Å². The van der Waals surface area contributed by atoms with Crippen molar-refractivity contribution in [2.45, 2.75) is 52.6 Å². The molecule has 0 atom stereocenters. The summed E-state index contributed by atoms with van der Waals surface area (Å²) < 4.78 is 0.932. The van der Waals surface area contributed by atoms with E-state index < -0.39 is 11.1 Å². The summed E-state index contributed by atoms with van der Waals surface area (Å²) in [6.45, 7) is 12.6. The van der Waals surface area contributed by atoms with Crippen LogP contribution in [0.1, 0.15) is 41.5 Å². The van der Waals surface area contributed by atoms with Crippen LogP contribution >= 0.6 is 35.3 Å². The van der Waals surface area contributed by atoms with Crippen LogP contribution in [0.2, 0.25) is 0 Å². The number of likely N-dealkylation sites (N-methyl/N-ethyl adjacent to an activating group) is 2. The molecule has 6 nitrogen and oxygen atoms in total. The number of hydrogen-bond donors (Lipinski definition) is 1. The molecular formula is C17H32N4O2S3. The third kappa shape index (κ3) is 7.15. The molecule has 1 heterocycles. The monoisotopic (exact) mass is 420 g/mol. The summed E-state index contributed by atoms with van der Waals surface area (Å²) in [4.78, 5) is 33.7. The van der Waals surface area contributed by atoms with Gasteiger partial charge >= 0.3 is 0 Å². The summed E-state index contributed by atoms with van der Waals surface area (Å²) in [6, 6.07) is 0. The molecule has 1 N–H and O–H groups in total. The quantitative estimate of drug-likeness (QED) is 0.558. The number of nitrogens with zero attached hydrogens (tertiary/aromatic N) is 3. The van der Waals surface area contributed by atoms with Crippen molar-refractivity contribution in [3.63, 3.8) is 0 Å². The highest BCUT2D eigenvalue weighted by atomic mass is 32.2. The molecule has 0 fully saturated rings. The third-order valence-electron chi connectivity index (χ3n) is 3.49. The normalized spacial score (nSPS) is 15.8. The molecule has 9 heteroatoms. The molecule has 0 aliphatic carbocycles. The van der Waals surface area contributed by atoms with Crippen LogP contribution in [0.15, 0.2) is 9.98 Å². The van der Waals surface area contributed by atoms with Crippen molar-refractivity contribution in [2.75, 3.05) is 31.9 Å². The Morgan fingerprint density at radius 1 is 1.23 bits per heavy atom. The first-order chi connectivity index (χ1) is 12.0. The summed E-state index contributed by atoms with van der Waals surface area (Å²) in [5.74, 6) is 0.0787. The Balaban J connectivity index is 0.000000485. The zero-order valence-corrected chi connectivity index (χ0v) is 19.7. The van der Waals surface area contributed by atoms with Crippen molar-refractivity contribution in [3.05, 3.63) is 0 Å². The number of thioether (sulfide) groups is 3. The Morgan fingerprint density at radius 3 is 2.12 bits per heavy atom. The van der Waals surface area contributed by atoms with E-state index in [0.717, 1.165) is 9.54 Å². The molecule has 0 spiro atoms. The molecule has 0 saturated carbocycles. The molecule has 1 aliphatic rings. The molecular weight excluding hydrogens is 388 g/mol. The topological polar surface area (TPSA) is 74.1 Å². The van der Waals surface area contributed by atoms with E-state index in [0.29, 0.717) is 13.1 Å². The largest absolute Gasteiger partial charge is 0.354 e. The van der Waals surface area contributed by atoms with E-state index in [2.05, 4.69) is 15.3 Å². The first kappa shape index (κ1) is 25.3. The van der Waals surface area contributed by atoms with Crippen LogP contribution in [-0.4, -0.2) is 69.2 Å². The molecule has 26 heavy (non-hydrogen) atoms. The van der Waals surface area contributed by atoms with Crippen LogP contribution in [0.5, 0.6) is 0 Å². The van der Waals surface area contributed by atoms with Crippen molar-refractivity contribution in [3.8, 4) is 0 Å². The zero-order valence-electron chi connectivity index (χ0n) is 17.3. The maximum absolute atomic E-state index is 11.6. The van der Waals surface area contributed by atoms with Gasteiger partial charge in [-0.05, 0) is 60.3 Å². The van der Waals surface area contributed by atoms with Gasteiger partial charge in [-0.3, -0.25) is 19.5 Å². The van der Waals surface area contributed by atoms with E-state index in [-0.39, 0.29) is 11.8 Å². The molecule has 0 radical (unpaired) electrons. The van der Waals surface area contributed by atoms with Gasteiger partial charge < -0.3 is 5.32 Å². The summed E-state index contributed by atoms with van der Waals surface area (Å²) in [7, 11) is 0. The van der Waals surface area contributed by atoms with Gasteiger partial charge in [0.25, 0.3) is 5.91 Å². The molecule has 0 aromatic rings. The fourth-order valence-electron chi connectivity index (χ4n) is 2.03. The number of carbonyl (C=O) groups is 2. The van der Waals surface area contributed by atoms with Crippen molar-refractivity contribution in [2.24, 2.45) is 9.98 Å². The van der Waals surface area contributed by atoms with Crippen LogP contribution in [0.3, 0.4) is 0 Å². The van der Waals surface area contributed by atoms with E-state index in [4.69, 9.17) is 0 Å². The lowest BCUT2D eigenvalue weighted by Gasteiger charge is -2.19. The van der Waals surface area contributed by atoms with Gasteiger partial charge in [0, 0.05) is 13.1 Å². The first-order valence-electron chi connectivity index (χ1n) is 8.42. The second-order valence-corrected chi connectivity index (χ2v) is 9.03. The van der Waals surface area contributed by atoms with Crippen molar-refractivity contribution in [1.29, 1.82) is 0 Å². The fraction of sp³-hybridized carbons (Fsp3) is 0.765. The molecule has 0 bridgehead atoms. The Bertz CT molecular complexity index is 554. The van der Waals surface area contributed by atoms with Gasteiger partial charge in [-0.2, -0.15) is 0 Å². The highest BCUT2D eigenvalue weighted by molar-refractivity contribution is 8.38. The summed E-state index contributed by atoms with van der Waals surface area (Å²) in [5, 5.41) is 3.62.